The molecule has 2 aromatic carbocycles. The zero-order valence-corrected chi connectivity index (χ0v) is 21.3. The van der Waals surface area contributed by atoms with Crippen LogP contribution in [0, 0.1) is 5.82 Å². The summed E-state index contributed by atoms with van der Waals surface area (Å²) in [5.74, 6) is 0.251. The molecular formula is C28H37FN4O3. The first-order valence-corrected chi connectivity index (χ1v) is 12.6. The van der Waals surface area contributed by atoms with Crippen molar-refractivity contribution in [2.24, 2.45) is 0 Å². The van der Waals surface area contributed by atoms with Crippen LogP contribution in [0.1, 0.15) is 35.7 Å². The molecule has 0 atom stereocenters. The number of benzene rings is 2. The van der Waals surface area contributed by atoms with Crippen LogP contribution >= 0.6 is 0 Å². The fourth-order valence-corrected chi connectivity index (χ4v) is 4.08. The number of nitrogens with one attached hydrogen (secondary N) is 1. The van der Waals surface area contributed by atoms with Crippen LogP contribution in [0.4, 0.5) is 9.18 Å². The van der Waals surface area contributed by atoms with Gasteiger partial charge in [0.2, 0.25) is 0 Å². The van der Waals surface area contributed by atoms with Crippen molar-refractivity contribution in [1.82, 2.24) is 20.0 Å². The SMILES string of the molecule is CCCCNC(=O)N1CCN(CCN(C/C=C/c2ccccc2OC)C(=O)c2ccc(F)cc2)CC1. The van der Waals surface area contributed by atoms with Gasteiger partial charge in [-0.3, -0.25) is 9.69 Å². The number of para-hydroxylation sites is 1. The van der Waals surface area contributed by atoms with Gasteiger partial charge in [0.15, 0.2) is 0 Å². The fraction of sp³-hybridized carbons (Fsp3) is 0.429. The maximum absolute atomic E-state index is 13.4. The quantitative estimate of drug-likeness (QED) is 0.476. The second-order valence-corrected chi connectivity index (χ2v) is 8.82. The van der Waals surface area contributed by atoms with E-state index in [1.807, 2.05) is 41.3 Å². The zero-order valence-electron chi connectivity index (χ0n) is 21.3. The minimum Gasteiger partial charge on any atom is -0.496 e. The summed E-state index contributed by atoms with van der Waals surface area (Å²) in [6.07, 6.45) is 5.92. The van der Waals surface area contributed by atoms with Crippen LogP contribution < -0.4 is 10.1 Å². The Balaban J connectivity index is 1.59. The van der Waals surface area contributed by atoms with Crippen LogP contribution in [0.15, 0.2) is 54.6 Å². The minimum atomic E-state index is -0.370. The van der Waals surface area contributed by atoms with Crippen molar-refractivity contribution in [2.75, 3.05) is 59.5 Å². The summed E-state index contributed by atoms with van der Waals surface area (Å²) >= 11 is 0. The lowest BCUT2D eigenvalue weighted by atomic mass is 10.1. The van der Waals surface area contributed by atoms with Crippen molar-refractivity contribution in [3.05, 3.63) is 71.6 Å². The summed E-state index contributed by atoms with van der Waals surface area (Å²) in [5.41, 5.74) is 1.39. The molecule has 1 aliphatic rings. The third-order valence-corrected chi connectivity index (χ3v) is 6.29. The largest absolute Gasteiger partial charge is 0.496 e. The number of methoxy groups -OCH3 is 1. The summed E-state index contributed by atoms with van der Waals surface area (Å²) in [4.78, 5) is 31.4. The molecule has 3 amide bonds. The van der Waals surface area contributed by atoms with Crippen molar-refractivity contribution in [2.45, 2.75) is 19.8 Å². The first-order valence-electron chi connectivity index (χ1n) is 12.6. The highest BCUT2D eigenvalue weighted by Gasteiger charge is 2.22. The number of amides is 3. The molecule has 0 spiro atoms. The highest BCUT2D eigenvalue weighted by Crippen LogP contribution is 2.19. The number of carbonyl (C=O) groups excluding carboxylic acids is 2. The molecule has 0 unspecified atom stereocenters. The maximum Gasteiger partial charge on any atom is 0.317 e. The number of hydrogen-bond acceptors (Lipinski definition) is 4. The second kappa shape index (κ2) is 14.2. The average Bonchev–Trinajstić information content (AvgIpc) is 2.91. The first kappa shape index (κ1) is 27.2. The first-order chi connectivity index (χ1) is 17.5. The Morgan fingerprint density at radius 3 is 2.50 bits per heavy atom. The van der Waals surface area contributed by atoms with Crippen molar-refractivity contribution < 1.29 is 18.7 Å². The van der Waals surface area contributed by atoms with E-state index in [-0.39, 0.29) is 17.8 Å². The Hall–Kier alpha value is -3.39. The number of halogens is 1. The number of piperazine rings is 1. The summed E-state index contributed by atoms with van der Waals surface area (Å²) in [6.45, 7) is 7.29. The van der Waals surface area contributed by atoms with E-state index in [9.17, 15) is 14.0 Å². The molecule has 0 bridgehead atoms. The monoisotopic (exact) mass is 496 g/mol. The molecule has 3 rings (SSSR count). The average molecular weight is 497 g/mol. The number of hydrogen-bond donors (Lipinski definition) is 1. The molecule has 0 aliphatic carbocycles. The highest BCUT2D eigenvalue weighted by molar-refractivity contribution is 5.94. The van der Waals surface area contributed by atoms with Crippen LogP contribution in [0.3, 0.4) is 0 Å². The van der Waals surface area contributed by atoms with Crippen LogP contribution in [0.5, 0.6) is 5.75 Å². The van der Waals surface area contributed by atoms with Gasteiger partial charge in [-0.15, -0.1) is 0 Å². The normalized spacial score (nSPS) is 14.1. The van der Waals surface area contributed by atoms with Gasteiger partial charge in [0.25, 0.3) is 5.91 Å². The Kier molecular flexibility index (Phi) is 10.8. The molecule has 1 N–H and O–H groups in total. The van der Waals surface area contributed by atoms with Gasteiger partial charge in [-0.25, -0.2) is 9.18 Å². The molecule has 0 aromatic heterocycles. The van der Waals surface area contributed by atoms with E-state index >= 15 is 0 Å². The lowest BCUT2D eigenvalue weighted by molar-refractivity contribution is 0.0738. The molecule has 8 heteroatoms. The topological polar surface area (TPSA) is 65.1 Å². The molecule has 0 radical (unpaired) electrons. The van der Waals surface area contributed by atoms with E-state index in [0.717, 1.165) is 37.2 Å². The van der Waals surface area contributed by atoms with Gasteiger partial charge in [0.1, 0.15) is 11.6 Å². The molecule has 1 fully saturated rings. The van der Waals surface area contributed by atoms with Gasteiger partial charge in [0.05, 0.1) is 7.11 Å². The number of ether oxygens (including phenoxy) is 1. The Morgan fingerprint density at radius 2 is 1.81 bits per heavy atom. The summed E-state index contributed by atoms with van der Waals surface area (Å²) in [5, 5.41) is 2.97. The van der Waals surface area contributed by atoms with E-state index in [4.69, 9.17) is 4.74 Å². The van der Waals surface area contributed by atoms with Gasteiger partial charge in [-0.2, -0.15) is 0 Å². The van der Waals surface area contributed by atoms with Gasteiger partial charge in [0, 0.05) is 63.5 Å². The molecule has 0 saturated carbocycles. The van der Waals surface area contributed by atoms with E-state index in [1.165, 1.54) is 24.3 Å². The Bertz CT molecular complexity index is 1000. The molecular weight excluding hydrogens is 459 g/mol. The van der Waals surface area contributed by atoms with E-state index < -0.39 is 0 Å². The number of nitrogens with zero attached hydrogens (tertiary/aromatic N) is 3. The highest BCUT2D eigenvalue weighted by atomic mass is 19.1. The predicted molar refractivity (Wildman–Crippen MR) is 141 cm³/mol. The number of carbonyl (C=O) groups is 2. The number of unbranched alkanes of at least 4 members (excludes halogenated alkanes) is 1. The molecule has 36 heavy (non-hydrogen) atoms. The summed E-state index contributed by atoms with van der Waals surface area (Å²) in [7, 11) is 1.63. The van der Waals surface area contributed by atoms with Crippen LogP contribution in [-0.2, 0) is 0 Å². The van der Waals surface area contributed by atoms with Crippen molar-refractivity contribution in [3.8, 4) is 5.75 Å². The smallest absolute Gasteiger partial charge is 0.317 e. The third-order valence-electron chi connectivity index (χ3n) is 6.29. The third kappa shape index (κ3) is 8.09. The molecule has 1 saturated heterocycles. The molecule has 194 valence electrons. The van der Waals surface area contributed by atoms with Crippen LogP contribution in [0.2, 0.25) is 0 Å². The van der Waals surface area contributed by atoms with Gasteiger partial charge >= 0.3 is 6.03 Å². The van der Waals surface area contributed by atoms with E-state index in [2.05, 4.69) is 17.1 Å². The summed E-state index contributed by atoms with van der Waals surface area (Å²) < 4.78 is 18.8. The zero-order chi connectivity index (χ0) is 25.8. The van der Waals surface area contributed by atoms with Gasteiger partial charge in [-0.05, 0) is 36.8 Å². The van der Waals surface area contributed by atoms with Gasteiger partial charge < -0.3 is 19.9 Å². The molecule has 1 aliphatic heterocycles. The van der Waals surface area contributed by atoms with Gasteiger partial charge in [-0.1, -0.05) is 43.7 Å². The van der Waals surface area contributed by atoms with Crippen molar-refractivity contribution in [1.29, 1.82) is 0 Å². The Morgan fingerprint density at radius 1 is 1.08 bits per heavy atom. The van der Waals surface area contributed by atoms with E-state index in [0.29, 0.717) is 44.8 Å². The molecule has 1 heterocycles. The maximum atomic E-state index is 13.4. The standard InChI is InChI=1S/C28H37FN4O3/c1-3-4-15-30-28(35)33-21-18-31(19-22-33)17-20-32(27(34)24-11-13-25(29)14-12-24)16-7-9-23-8-5-6-10-26(23)36-2/h5-14H,3-4,15-22H2,1-2H3,(H,30,35)/b9-7+. The van der Waals surface area contributed by atoms with E-state index in [1.54, 1.807) is 12.0 Å². The van der Waals surface area contributed by atoms with Crippen molar-refractivity contribution in [3.63, 3.8) is 0 Å². The molecule has 2 aromatic rings. The lowest BCUT2D eigenvalue weighted by Gasteiger charge is -2.35. The fourth-order valence-electron chi connectivity index (χ4n) is 4.08. The predicted octanol–water partition coefficient (Wildman–Crippen LogP) is 4.12. The van der Waals surface area contributed by atoms with Crippen LogP contribution in [0.25, 0.3) is 6.08 Å². The summed E-state index contributed by atoms with van der Waals surface area (Å²) in [6, 6.07) is 13.3. The lowest BCUT2D eigenvalue weighted by Crippen LogP contribution is -2.53. The Labute approximate surface area is 213 Å². The minimum absolute atomic E-state index is 0.00214. The van der Waals surface area contributed by atoms with Crippen LogP contribution in [-0.4, -0.2) is 86.1 Å². The number of rotatable bonds is 11. The number of urea groups is 1. The second-order valence-electron chi connectivity index (χ2n) is 8.82. The van der Waals surface area contributed by atoms with Crippen molar-refractivity contribution >= 4 is 18.0 Å². The molecule has 7 nitrogen and oxygen atoms in total.